The molecule has 0 spiro atoms. The Bertz CT molecular complexity index is 1300. The average molecular weight is 482 g/mol. The molecule has 176 valence electrons. The molecule has 2 aromatic heterocycles. The number of amides is 1. The van der Waals surface area contributed by atoms with Crippen LogP contribution >= 0.6 is 11.3 Å². The van der Waals surface area contributed by atoms with Crippen LogP contribution in [-0.4, -0.2) is 48.5 Å². The van der Waals surface area contributed by atoms with E-state index in [0.29, 0.717) is 17.9 Å². The second-order valence-electron chi connectivity index (χ2n) is 7.47. The number of methoxy groups -OCH3 is 3. The molecule has 9 nitrogen and oxygen atoms in total. The summed E-state index contributed by atoms with van der Waals surface area (Å²) in [6, 6.07) is 11.5. The molecule has 0 fully saturated rings. The first-order valence-corrected chi connectivity index (χ1v) is 11.3. The van der Waals surface area contributed by atoms with Crippen molar-refractivity contribution in [2.24, 2.45) is 5.10 Å². The quantitative estimate of drug-likeness (QED) is 0.481. The Kier molecular flexibility index (Phi) is 6.78. The van der Waals surface area contributed by atoms with E-state index in [4.69, 9.17) is 14.2 Å². The van der Waals surface area contributed by atoms with Gasteiger partial charge in [0, 0.05) is 18.7 Å². The number of aromatic nitrogens is 1. The van der Waals surface area contributed by atoms with Crippen molar-refractivity contribution >= 4 is 28.9 Å². The zero-order valence-electron chi connectivity index (χ0n) is 18.9. The predicted octanol–water partition coefficient (Wildman–Crippen LogP) is 3.09. The van der Waals surface area contributed by atoms with Gasteiger partial charge < -0.3 is 18.8 Å². The number of ether oxygens (including phenoxy) is 3. The third-order valence-electron chi connectivity index (χ3n) is 5.47. The number of carbonyl (C=O) groups excluding carboxylic acids is 2. The monoisotopic (exact) mass is 481 g/mol. The summed E-state index contributed by atoms with van der Waals surface area (Å²) < 4.78 is 16.7. The molecule has 1 aliphatic rings. The number of nitrogens with zero attached hydrogens (tertiary/aromatic N) is 3. The van der Waals surface area contributed by atoms with Crippen molar-refractivity contribution in [3.05, 3.63) is 80.4 Å². The van der Waals surface area contributed by atoms with Crippen LogP contribution in [0.3, 0.4) is 0 Å². The second-order valence-corrected chi connectivity index (χ2v) is 8.42. The Morgan fingerprint density at radius 2 is 1.88 bits per heavy atom. The first-order chi connectivity index (χ1) is 16.4. The lowest BCUT2D eigenvalue weighted by molar-refractivity contribution is -0.133. The van der Waals surface area contributed by atoms with Crippen LogP contribution in [0.4, 0.5) is 0 Å². The van der Waals surface area contributed by atoms with Crippen LogP contribution in [0.25, 0.3) is 0 Å². The normalized spacial score (nSPS) is 15.1. The molecular formula is C24H23N3O6S. The van der Waals surface area contributed by atoms with E-state index in [1.54, 1.807) is 20.3 Å². The second kappa shape index (κ2) is 9.92. The summed E-state index contributed by atoms with van der Waals surface area (Å²) in [5, 5.41) is 7.96. The van der Waals surface area contributed by atoms with Gasteiger partial charge in [-0.1, -0.05) is 12.1 Å². The summed E-state index contributed by atoms with van der Waals surface area (Å²) in [6.45, 7) is -0.283. The lowest BCUT2D eigenvalue weighted by Crippen LogP contribution is -2.34. The van der Waals surface area contributed by atoms with Gasteiger partial charge in [0.2, 0.25) is 0 Å². The van der Waals surface area contributed by atoms with Crippen molar-refractivity contribution in [1.29, 1.82) is 0 Å². The van der Waals surface area contributed by atoms with E-state index in [1.807, 2.05) is 29.6 Å². The van der Waals surface area contributed by atoms with Crippen LogP contribution in [0.2, 0.25) is 0 Å². The Morgan fingerprint density at radius 1 is 1.09 bits per heavy atom. The van der Waals surface area contributed by atoms with Crippen molar-refractivity contribution in [1.82, 2.24) is 9.58 Å². The van der Waals surface area contributed by atoms with Crippen LogP contribution in [0.1, 0.15) is 33.3 Å². The summed E-state index contributed by atoms with van der Waals surface area (Å²) in [4.78, 5) is 38.6. The molecule has 3 aromatic rings. The number of hydrogen-bond donors (Lipinski definition) is 0. The Labute approximate surface area is 199 Å². The Balaban J connectivity index is 1.68. The van der Waals surface area contributed by atoms with Crippen LogP contribution in [0, 0.1) is 0 Å². The molecule has 10 heteroatoms. The number of rotatable bonds is 7. The maximum absolute atomic E-state index is 13.4. The lowest BCUT2D eigenvalue weighted by atomic mass is 10.0. The third kappa shape index (κ3) is 4.58. The highest BCUT2D eigenvalue weighted by Gasteiger charge is 2.34. The number of benzene rings is 1. The largest absolute Gasteiger partial charge is 0.493 e. The van der Waals surface area contributed by atoms with E-state index in [1.165, 1.54) is 46.4 Å². The minimum absolute atomic E-state index is 0.176. The molecule has 1 amide bonds. The molecule has 0 saturated carbocycles. The van der Waals surface area contributed by atoms with Crippen LogP contribution in [0.15, 0.2) is 63.9 Å². The maximum atomic E-state index is 13.4. The zero-order chi connectivity index (χ0) is 24.2. The summed E-state index contributed by atoms with van der Waals surface area (Å²) in [6.07, 6.45) is 1.82. The van der Waals surface area contributed by atoms with E-state index in [2.05, 4.69) is 5.10 Å². The van der Waals surface area contributed by atoms with E-state index < -0.39 is 23.5 Å². The van der Waals surface area contributed by atoms with E-state index >= 15 is 0 Å². The van der Waals surface area contributed by atoms with Crippen LogP contribution in [0.5, 0.6) is 11.5 Å². The van der Waals surface area contributed by atoms with E-state index in [9.17, 15) is 14.4 Å². The molecule has 3 heterocycles. The number of hydrazone groups is 1. The van der Waals surface area contributed by atoms with E-state index in [0.717, 1.165) is 16.2 Å². The number of pyridine rings is 1. The lowest BCUT2D eigenvalue weighted by Gasteiger charge is -2.23. The average Bonchev–Trinajstić information content (AvgIpc) is 3.54. The molecule has 34 heavy (non-hydrogen) atoms. The first-order valence-electron chi connectivity index (χ1n) is 10.4. The van der Waals surface area contributed by atoms with Gasteiger partial charge >= 0.3 is 5.97 Å². The standard InChI is InChI=1S/C24H23N3O6S/c1-31-19-8-6-15(11-20(19)32-2)18-12-17(21-5-4-10-34-21)25-27(18)23(29)14-26-13-16(24(30)33-3)7-9-22(26)28/h4-11,13,18H,12,14H2,1-3H3. The molecule has 1 unspecified atom stereocenters. The predicted molar refractivity (Wildman–Crippen MR) is 127 cm³/mol. The number of thiophene rings is 1. The molecule has 0 N–H and O–H groups in total. The van der Waals surface area contributed by atoms with Crippen LogP contribution < -0.4 is 15.0 Å². The molecule has 0 saturated heterocycles. The van der Waals surface area contributed by atoms with Crippen molar-refractivity contribution in [3.63, 3.8) is 0 Å². The van der Waals surface area contributed by atoms with Crippen LogP contribution in [-0.2, 0) is 16.1 Å². The topological polar surface area (TPSA) is 99.4 Å². The highest BCUT2D eigenvalue weighted by Crippen LogP contribution is 2.38. The first kappa shape index (κ1) is 23.2. The van der Waals surface area contributed by atoms with Gasteiger partial charge in [0.1, 0.15) is 6.54 Å². The summed E-state index contributed by atoms with van der Waals surface area (Å²) in [5.74, 6) is 0.130. The number of carbonyl (C=O) groups is 2. The Hall–Kier alpha value is -3.92. The van der Waals surface area contributed by atoms with Gasteiger partial charge in [-0.2, -0.15) is 5.10 Å². The summed E-state index contributed by atoms with van der Waals surface area (Å²) in [5.41, 5.74) is 1.36. The fourth-order valence-corrected chi connectivity index (χ4v) is 4.48. The van der Waals surface area contributed by atoms with E-state index in [-0.39, 0.29) is 12.1 Å². The highest BCUT2D eigenvalue weighted by atomic mass is 32.1. The summed E-state index contributed by atoms with van der Waals surface area (Å²) >= 11 is 1.54. The maximum Gasteiger partial charge on any atom is 0.339 e. The van der Waals surface area contributed by atoms with Crippen molar-refractivity contribution < 1.29 is 23.8 Å². The third-order valence-corrected chi connectivity index (χ3v) is 6.39. The van der Waals surface area contributed by atoms with Gasteiger partial charge in [-0.15, -0.1) is 11.3 Å². The molecule has 0 aliphatic carbocycles. The van der Waals surface area contributed by atoms with Gasteiger partial charge in [0.05, 0.1) is 43.5 Å². The summed E-state index contributed by atoms with van der Waals surface area (Å²) in [7, 11) is 4.36. The molecule has 1 aliphatic heterocycles. The number of esters is 1. The molecule has 0 bridgehead atoms. The van der Waals surface area contributed by atoms with Gasteiger partial charge in [-0.05, 0) is 35.2 Å². The molecule has 4 rings (SSSR count). The fourth-order valence-electron chi connectivity index (χ4n) is 3.76. The van der Waals surface area contributed by atoms with Gasteiger partial charge in [-0.3, -0.25) is 9.59 Å². The van der Waals surface area contributed by atoms with Gasteiger partial charge in [0.15, 0.2) is 11.5 Å². The minimum atomic E-state index is -0.594. The van der Waals surface area contributed by atoms with Gasteiger partial charge in [0.25, 0.3) is 11.5 Å². The molecule has 1 aromatic carbocycles. The highest BCUT2D eigenvalue weighted by molar-refractivity contribution is 7.12. The fraction of sp³-hybridized carbons (Fsp3) is 0.250. The van der Waals surface area contributed by atoms with Gasteiger partial charge in [-0.25, -0.2) is 9.80 Å². The minimum Gasteiger partial charge on any atom is -0.493 e. The molecule has 1 atom stereocenters. The SMILES string of the molecule is COC(=O)c1ccc(=O)n(CC(=O)N2N=C(c3cccs3)CC2c2ccc(OC)c(OC)c2)c1. The van der Waals surface area contributed by atoms with Crippen molar-refractivity contribution in [2.45, 2.75) is 19.0 Å². The van der Waals surface area contributed by atoms with Crippen molar-refractivity contribution in [3.8, 4) is 11.5 Å². The zero-order valence-corrected chi connectivity index (χ0v) is 19.7. The smallest absolute Gasteiger partial charge is 0.339 e. The van der Waals surface area contributed by atoms with Crippen molar-refractivity contribution in [2.75, 3.05) is 21.3 Å². The molecule has 0 radical (unpaired) electrons. The Morgan fingerprint density at radius 3 is 2.56 bits per heavy atom. The molecular weight excluding hydrogens is 458 g/mol. The number of hydrogen-bond acceptors (Lipinski definition) is 8.